The number of aryl methyl sites for hydroxylation is 2. The van der Waals surface area contributed by atoms with E-state index in [-0.39, 0.29) is 12.6 Å². The van der Waals surface area contributed by atoms with Crippen LogP contribution in [-0.2, 0) is 13.0 Å². The predicted molar refractivity (Wildman–Crippen MR) is 100.0 cm³/mol. The summed E-state index contributed by atoms with van der Waals surface area (Å²) in [6.07, 6.45) is 2.66. The number of nitrogens with one attached hydrogen (secondary N) is 2. The highest BCUT2D eigenvalue weighted by Crippen LogP contribution is 2.39. The van der Waals surface area contributed by atoms with Gasteiger partial charge in [-0.2, -0.15) is 5.10 Å². The fraction of sp³-hybridized carbons (Fsp3) is 0.474. The number of rotatable bonds is 6. The van der Waals surface area contributed by atoms with E-state index in [1.54, 1.807) is 31.3 Å². The molecule has 1 aliphatic heterocycles. The molecule has 0 radical (unpaired) electrons. The average Bonchev–Trinajstić information content (AvgIpc) is 3.08. The lowest BCUT2D eigenvalue weighted by Gasteiger charge is -2.34. The number of benzene rings is 1. The van der Waals surface area contributed by atoms with Crippen LogP contribution in [0.2, 0.25) is 0 Å². The number of aromatic nitrogens is 2. The average molecular weight is 374 g/mol. The fourth-order valence-electron chi connectivity index (χ4n) is 3.44. The zero-order chi connectivity index (χ0) is 19.4. The standard InChI is InChI=1S/C19H26N4O4/c1-12-13(9-21-22-12)5-4-8-20-19(25)23-10-14-16(26-2)6-7-17(27-3)18(14)15(24)11-23/h6-7,9,15,24H,4-5,8,10-11H2,1-3H3,(H,20,25)(H,21,22). The highest BCUT2D eigenvalue weighted by Gasteiger charge is 2.31. The van der Waals surface area contributed by atoms with Crippen molar-refractivity contribution in [2.75, 3.05) is 27.3 Å². The quantitative estimate of drug-likeness (QED) is 0.671. The first-order valence-corrected chi connectivity index (χ1v) is 8.98. The molecule has 8 nitrogen and oxygen atoms in total. The molecular weight excluding hydrogens is 348 g/mol. The molecule has 0 spiro atoms. The van der Waals surface area contributed by atoms with Crippen LogP contribution in [0.5, 0.6) is 11.5 Å². The van der Waals surface area contributed by atoms with Gasteiger partial charge in [-0.05, 0) is 37.5 Å². The molecule has 3 rings (SSSR count). The van der Waals surface area contributed by atoms with E-state index < -0.39 is 6.10 Å². The summed E-state index contributed by atoms with van der Waals surface area (Å²) in [5.74, 6) is 1.24. The Labute approximate surface area is 158 Å². The zero-order valence-electron chi connectivity index (χ0n) is 15.9. The molecule has 0 fully saturated rings. The van der Waals surface area contributed by atoms with Crippen molar-refractivity contribution in [3.63, 3.8) is 0 Å². The van der Waals surface area contributed by atoms with Crippen LogP contribution >= 0.6 is 0 Å². The molecule has 27 heavy (non-hydrogen) atoms. The lowest BCUT2D eigenvalue weighted by molar-refractivity contribution is 0.101. The number of fused-ring (bicyclic) bond motifs is 1. The summed E-state index contributed by atoms with van der Waals surface area (Å²) in [6, 6.07) is 3.36. The molecule has 8 heteroatoms. The lowest BCUT2D eigenvalue weighted by Crippen LogP contribution is -2.44. The molecule has 1 aliphatic rings. The van der Waals surface area contributed by atoms with Crippen LogP contribution in [0, 0.1) is 6.92 Å². The minimum atomic E-state index is -0.821. The van der Waals surface area contributed by atoms with Gasteiger partial charge in [0.2, 0.25) is 0 Å². The summed E-state index contributed by atoms with van der Waals surface area (Å²) in [5, 5.41) is 20.4. The number of aromatic amines is 1. The molecule has 2 heterocycles. The van der Waals surface area contributed by atoms with E-state index in [0.717, 1.165) is 29.7 Å². The van der Waals surface area contributed by atoms with Crippen molar-refractivity contribution in [3.05, 3.63) is 40.7 Å². The number of urea groups is 1. The van der Waals surface area contributed by atoms with Crippen molar-refractivity contribution in [2.45, 2.75) is 32.4 Å². The van der Waals surface area contributed by atoms with Gasteiger partial charge in [-0.1, -0.05) is 0 Å². The number of amides is 2. The maximum atomic E-state index is 12.5. The molecule has 0 aliphatic carbocycles. The van der Waals surface area contributed by atoms with E-state index in [9.17, 15) is 9.90 Å². The molecule has 1 aromatic carbocycles. The Balaban J connectivity index is 1.62. The van der Waals surface area contributed by atoms with Crippen LogP contribution in [0.25, 0.3) is 0 Å². The molecule has 2 aromatic rings. The first-order valence-electron chi connectivity index (χ1n) is 8.98. The molecule has 146 valence electrons. The molecule has 1 atom stereocenters. The molecule has 1 unspecified atom stereocenters. The Morgan fingerprint density at radius 2 is 2.11 bits per heavy atom. The van der Waals surface area contributed by atoms with Crippen LogP contribution < -0.4 is 14.8 Å². The maximum Gasteiger partial charge on any atom is 0.317 e. The van der Waals surface area contributed by atoms with Gasteiger partial charge in [-0.3, -0.25) is 5.10 Å². The summed E-state index contributed by atoms with van der Waals surface area (Å²) in [6.45, 7) is 3.11. The number of hydrogen-bond acceptors (Lipinski definition) is 5. The molecule has 0 bridgehead atoms. The largest absolute Gasteiger partial charge is 0.496 e. The van der Waals surface area contributed by atoms with Crippen molar-refractivity contribution >= 4 is 6.03 Å². The van der Waals surface area contributed by atoms with Gasteiger partial charge in [0.05, 0.1) is 33.5 Å². The second-order valence-corrected chi connectivity index (χ2v) is 6.61. The SMILES string of the molecule is COc1ccc(OC)c2c1CN(C(=O)NCCCc1cn[nH]c1C)CC2O. The number of aliphatic hydroxyl groups is 1. The van der Waals surface area contributed by atoms with Crippen LogP contribution in [0.4, 0.5) is 4.79 Å². The number of aliphatic hydroxyl groups excluding tert-OH is 1. The molecule has 1 aromatic heterocycles. The number of β-amino-alcohol motifs (C(OH)–C–C–N with tert-alkyl or cyclic N) is 1. The van der Waals surface area contributed by atoms with Gasteiger partial charge < -0.3 is 24.8 Å². The molecule has 0 saturated heterocycles. The summed E-state index contributed by atoms with van der Waals surface area (Å²) >= 11 is 0. The monoisotopic (exact) mass is 374 g/mol. The van der Waals surface area contributed by atoms with Crippen molar-refractivity contribution in [1.82, 2.24) is 20.4 Å². The summed E-state index contributed by atoms with van der Waals surface area (Å²) < 4.78 is 10.8. The molecule has 3 N–H and O–H groups in total. The number of H-pyrrole nitrogens is 1. The maximum absolute atomic E-state index is 12.5. The fourth-order valence-corrected chi connectivity index (χ4v) is 3.44. The smallest absolute Gasteiger partial charge is 0.317 e. The topological polar surface area (TPSA) is 99.7 Å². The summed E-state index contributed by atoms with van der Waals surface area (Å²) in [5.41, 5.74) is 3.68. The second kappa shape index (κ2) is 8.30. The minimum Gasteiger partial charge on any atom is -0.496 e. The highest BCUT2D eigenvalue weighted by molar-refractivity contribution is 5.75. The number of carbonyl (C=O) groups is 1. The Morgan fingerprint density at radius 1 is 1.37 bits per heavy atom. The number of nitrogens with zero attached hydrogens (tertiary/aromatic N) is 2. The number of ether oxygens (including phenoxy) is 2. The normalized spacial score (nSPS) is 16.0. The Bertz CT molecular complexity index is 805. The summed E-state index contributed by atoms with van der Waals surface area (Å²) in [4.78, 5) is 14.1. The van der Waals surface area contributed by atoms with Crippen LogP contribution in [0.1, 0.15) is 34.9 Å². The number of methoxy groups -OCH3 is 2. The van der Waals surface area contributed by atoms with E-state index in [4.69, 9.17) is 9.47 Å². The van der Waals surface area contributed by atoms with E-state index in [1.807, 2.05) is 13.1 Å². The van der Waals surface area contributed by atoms with Crippen molar-refractivity contribution in [2.24, 2.45) is 0 Å². The first-order chi connectivity index (χ1) is 13.0. The highest BCUT2D eigenvalue weighted by atomic mass is 16.5. The third kappa shape index (κ3) is 4.00. The minimum absolute atomic E-state index is 0.200. The Kier molecular flexibility index (Phi) is 5.85. The van der Waals surface area contributed by atoms with E-state index in [1.165, 1.54) is 0 Å². The third-order valence-electron chi connectivity index (χ3n) is 4.91. The molecule has 0 saturated carbocycles. The third-order valence-corrected chi connectivity index (χ3v) is 4.91. The second-order valence-electron chi connectivity index (χ2n) is 6.61. The molecule has 2 amide bonds. The van der Waals surface area contributed by atoms with E-state index in [2.05, 4.69) is 15.5 Å². The van der Waals surface area contributed by atoms with Gasteiger partial charge in [-0.25, -0.2) is 4.79 Å². The van der Waals surface area contributed by atoms with Gasteiger partial charge >= 0.3 is 6.03 Å². The van der Waals surface area contributed by atoms with Crippen molar-refractivity contribution in [3.8, 4) is 11.5 Å². The van der Waals surface area contributed by atoms with E-state index >= 15 is 0 Å². The zero-order valence-corrected chi connectivity index (χ0v) is 15.9. The molecular formula is C19H26N4O4. The number of carbonyl (C=O) groups excluding carboxylic acids is 1. The van der Waals surface area contributed by atoms with Gasteiger partial charge in [0.25, 0.3) is 0 Å². The predicted octanol–water partition coefficient (Wildman–Crippen LogP) is 1.93. The Morgan fingerprint density at radius 3 is 2.78 bits per heavy atom. The van der Waals surface area contributed by atoms with E-state index in [0.29, 0.717) is 30.2 Å². The van der Waals surface area contributed by atoms with Crippen LogP contribution in [-0.4, -0.2) is 53.5 Å². The Hall–Kier alpha value is -2.74. The van der Waals surface area contributed by atoms with Gasteiger partial charge in [0, 0.05) is 23.4 Å². The number of hydrogen-bond donors (Lipinski definition) is 3. The van der Waals surface area contributed by atoms with Crippen molar-refractivity contribution < 1.29 is 19.4 Å². The van der Waals surface area contributed by atoms with Gasteiger partial charge in [0.1, 0.15) is 17.6 Å². The van der Waals surface area contributed by atoms with Crippen molar-refractivity contribution in [1.29, 1.82) is 0 Å². The van der Waals surface area contributed by atoms with Gasteiger partial charge in [0.15, 0.2) is 0 Å². The van der Waals surface area contributed by atoms with Gasteiger partial charge in [-0.15, -0.1) is 0 Å². The van der Waals surface area contributed by atoms with Crippen LogP contribution in [0.3, 0.4) is 0 Å². The summed E-state index contributed by atoms with van der Waals surface area (Å²) in [7, 11) is 3.14. The lowest BCUT2D eigenvalue weighted by atomic mass is 9.95. The first kappa shape index (κ1) is 19.0. The van der Waals surface area contributed by atoms with Crippen LogP contribution in [0.15, 0.2) is 18.3 Å².